The van der Waals surface area contributed by atoms with E-state index in [1.54, 1.807) is 37.3 Å². The largest absolute Gasteiger partial charge is 0.496 e. The topological polar surface area (TPSA) is 65.0 Å². The summed E-state index contributed by atoms with van der Waals surface area (Å²) in [4.78, 5) is 11.5. The summed E-state index contributed by atoms with van der Waals surface area (Å²) in [5, 5.41) is 11.2. The fourth-order valence-electron chi connectivity index (χ4n) is 2.34. The van der Waals surface area contributed by atoms with E-state index in [2.05, 4.69) is 0 Å². The number of carbonyl (C=O) groups is 1. The standard InChI is InChI=1S/C19H20Cl2O5/c1-3-25-19(23)10-17(22)14-6-5-13(9-18(14)24-2)26-11-12-4-7-15(20)16(21)8-12/h4-9,17,22H,3,10-11H2,1-2H3/t17-/m0/s1. The molecular formula is C19H20Cl2O5. The summed E-state index contributed by atoms with van der Waals surface area (Å²) < 4.78 is 15.9. The molecule has 0 radical (unpaired) electrons. The predicted molar refractivity (Wildman–Crippen MR) is 100.0 cm³/mol. The van der Waals surface area contributed by atoms with Gasteiger partial charge in [-0.15, -0.1) is 0 Å². The molecule has 0 fully saturated rings. The van der Waals surface area contributed by atoms with Gasteiger partial charge in [-0.25, -0.2) is 0 Å². The molecule has 0 saturated carbocycles. The first-order chi connectivity index (χ1) is 12.4. The average Bonchev–Trinajstić information content (AvgIpc) is 2.62. The molecule has 140 valence electrons. The molecule has 1 atom stereocenters. The van der Waals surface area contributed by atoms with Gasteiger partial charge in [-0.2, -0.15) is 0 Å². The summed E-state index contributed by atoms with van der Waals surface area (Å²) in [7, 11) is 1.48. The van der Waals surface area contributed by atoms with E-state index in [-0.39, 0.29) is 13.0 Å². The van der Waals surface area contributed by atoms with E-state index < -0.39 is 12.1 Å². The van der Waals surface area contributed by atoms with Crippen molar-refractivity contribution in [2.45, 2.75) is 26.1 Å². The first-order valence-electron chi connectivity index (χ1n) is 8.03. The van der Waals surface area contributed by atoms with E-state index in [4.69, 9.17) is 37.4 Å². The van der Waals surface area contributed by atoms with Crippen molar-refractivity contribution in [1.29, 1.82) is 0 Å². The van der Waals surface area contributed by atoms with Crippen molar-refractivity contribution in [1.82, 2.24) is 0 Å². The first-order valence-corrected chi connectivity index (χ1v) is 8.78. The summed E-state index contributed by atoms with van der Waals surface area (Å²) in [6, 6.07) is 10.3. The van der Waals surface area contributed by atoms with Crippen LogP contribution in [0.5, 0.6) is 11.5 Å². The SMILES string of the molecule is CCOC(=O)C[C@H](O)c1ccc(OCc2ccc(Cl)c(Cl)c2)cc1OC. The van der Waals surface area contributed by atoms with Crippen molar-refractivity contribution in [3.8, 4) is 11.5 Å². The Morgan fingerprint density at radius 3 is 2.58 bits per heavy atom. The normalized spacial score (nSPS) is 11.7. The molecule has 0 aliphatic rings. The number of carbonyl (C=O) groups excluding carboxylic acids is 1. The molecule has 2 aromatic rings. The van der Waals surface area contributed by atoms with Gasteiger partial charge >= 0.3 is 5.97 Å². The maximum Gasteiger partial charge on any atom is 0.308 e. The smallest absolute Gasteiger partial charge is 0.308 e. The summed E-state index contributed by atoms with van der Waals surface area (Å²) >= 11 is 11.9. The maximum atomic E-state index is 11.5. The predicted octanol–water partition coefficient (Wildman–Crippen LogP) is 4.57. The molecule has 26 heavy (non-hydrogen) atoms. The lowest BCUT2D eigenvalue weighted by Gasteiger charge is -2.16. The van der Waals surface area contributed by atoms with Gasteiger partial charge < -0.3 is 19.3 Å². The van der Waals surface area contributed by atoms with Gasteiger partial charge in [0, 0.05) is 11.6 Å². The highest BCUT2D eigenvalue weighted by Crippen LogP contribution is 2.32. The van der Waals surface area contributed by atoms with Gasteiger partial charge in [0.1, 0.15) is 18.1 Å². The first kappa shape index (κ1) is 20.4. The molecule has 0 bridgehead atoms. The monoisotopic (exact) mass is 398 g/mol. The molecule has 0 unspecified atom stereocenters. The summed E-state index contributed by atoms with van der Waals surface area (Å²) in [5.41, 5.74) is 1.35. The highest BCUT2D eigenvalue weighted by molar-refractivity contribution is 6.42. The van der Waals surface area contributed by atoms with Gasteiger partial charge in [-0.3, -0.25) is 4.79 Å². The van der Waals surface area contributed by atoms with E-state index in [0.717, 1.165) is 5.56 Å². The Kier molecular flexibility index (Phi) is 7.57. The van der Waals surface area contributed by atoms with Crippen molar-refractivity contribution in [2.75, 3.05) is 13.7 Å². The zero-order valence-corrected chi connectivity index (χ0v) is 16.0. The fraction of sp³-hybridized carbons (Fsp3) is 0.316. The molecule has 2 aromatic carbocycles. The van der Waals surface area contributed by atoms with Crippen LogP contribution in [0, 0.1) is 0 Å². The summed E-state index contributed by atoms with van der Waals surface area (Å²) in [6.07, 6.45) is -1.17. The fourth-order valence-corrected chi connectivity index (χ4v) is 2.66. The van der Waals surface area contributed by atoms with Crippen molar-refractivity contribution in [3.05, 3.63) is 57.6 Å². The molecule has 0 aromatic heterocycles. The quantitative estimate of drug-likeness (QED) is 0.659. The minimum Gasteiger partial charge on any atom is -0.496 e. The van der Waals surface area contributed by atoms with Crippen LogP contribution in [0.25, 0.3) is 0 Å². The molecule has 0 aliphatic heterocycles. The lowest BCUT2D eigenvalue weighted by molar-refractivity contribution is -0.145. The Hall–Kier alpha value is -1.95. The number of benzene rings is 2. The van der Waals surface area contributed by atoms with Crippen molar-refractivity contribution >= 4 is 29.2 Å². The van der Waals surface area contributed by atoms with Gasteiger partial charge in [-0.1, -0.05) is 29.3 Å². The minimum atomic E-state index is -1.02. The molecule has 0 heterocycles. The Balaban J connectivity index is 2.07. The zero-order valence-electron chi connectivity index (χ0n) is 14.5. The number of hydrogen-bond acceptors (Lipinski definition) is 5. The van der Waals surface area contributed by atoms with Gasteiger partial charge in [0.2, 0.25) is 0 Å². The third-order valence-electron chi connectivity index (χ3n) is 3.62. The van der Waals surface area contributed by atoms with Crippen LogP contribution in [0.2, 0.25) is 10.0 Å². The van der Waals surface area contributed by atoms with Gasteiger partial charge in [0.05, 0.1) is 36.3 Å². The summed E-state index contributed by atoms with van der Waals surface area (Å²) in [5.74, 6) is 0.510. The number of halogens is 2. The maximum absolute atomic E-state index is 11.5. The Morgan fingerprint density at radius 2 is 1.92 bits per heavy atom. The van der Waals surface area contributed by atoms with Crippen molar-refractivity contribution in [2.24, 2.45) is 0 Å². The molecule has 0 saturated heterocycles. The van der Waals surface area contributed by atoms with Crippen LogP contribution in [0.1, 0.15) is 30.6 Å². The minimum absolute atomic E-state index is 0.145. The number of aliphatic hydroxyl groups is 1. The van der Waals surface area contributed by atoms with Crippen LogP contribution >= 0.6 is 23.2 Å². The van der Waals surface area contributed by atoms with Gasteiger partial charge in [0.25, 0.3) is 0 Å². The highest BCUT2D eigenvalue weighted by Gasteiger charge is 2.18. The van der Waals surface area contributed by atoms with E-state index in [1.165, 1.54) is 7.11 Å². The molecule has 7 heteroatoms. The number of methoxy groups -OCH3 is 1. The third kappa shape index (κ3) is 5.53. The molecule has 1 N–H and O–H groups in total. The van der Waals surface area contributed by atoms with E-state index in [9.17, 15) is 9.90 Å². The lowest BCUT2D eigenvalue weighted by atomic mass is 10.1. The Labute approximate surface area is 162 Å². The molecule has 0 amide bonds. The second-order valence-electron chi connectivity index (χ2n) is 5.47. The average molecular weight is 399 g/mol. The van der Waals surface area contributed by atoms with Crippen LogP contribution in [0.15, 0.2) is 36.4 Å². The lowest BCUT2D eigenvalue weighted by Crippen LogP contribution is -2.11. The highest BCUT2D eigenvalue weighted by atomic mass is 35.5. The number of hydrogen-bond donors (Lipinski definition) is 1. The van der Waals surface area contributed by atoms with Gasteiger partial charge in [-0.05, 0) is 36.8 Å². The van der Waals surface area contributed by atoms with Crippen LogP contribution in [0.3, 0.4) is 0 Å². The Bertz CT molecular complexity index is 764. The van der Waals surface area contributed by atoms with E-state index in [0.29, 0.717) is 33.7 Å². The number of rotatable bonds is 8. The number of aliphatic hydroxyl groups excluding tert-OH is 1. The second-order valence-corrected chi connectivity index (χ2v) is 6.28. The number of esters is 1. The van der Waals surface area contributed by atoms with E-state index in [1.807, 2.05) is 6.07 Å². The molecule has 0 spiro atoms. The van der Waals surface area contributed by atoms with Crippen molar-refractivity contribution in [3.63, 3.8) is 0 Å². The zero-order chi connectivity index (χ0) is 19.1. The second kappa shape index (κ2) is 9.67. The molecule has 2 rings (SSSR count). The van der Waals surface area contributed by atoms with Crippen molar-refractivity contribution < 1.29 is 24.1 Å². The number of ether oxygens (including phenoxy) is 3. The third-order valence-corrected chi connectivity index (χ3v) is 4.36. The van der Waals surface area contributed by atoms with Gasteiger partial charge in [0.15, 0.2) is 0 Å². The van der Waals surface area contributed by atoms with Crippen LogP contribution in [0.4, 0.5) is 0 Å². The van der Waals surface area contributed by atoms with Crippen LogP contribution < -0.4 is 9.47 Å². The molecule has 0 aliphatic carbocycles. The molecular weight excluding hydrogens is 379 g/mol. The van der Waals surface area contributed by atoms with Crippen LogP contribution in [-0.4, -0.2) is 24.8 Å². The van der Waals surface area contributed by atoms with Crippen LogP contribution in [-0.2, 0) is 16.1 Å². The molecule has 5 nitrogen and oxygen atoms in total. The Morgan fingerprint density at radius 1 is 1.15 bits per heavy atom. The summed E-state index contributed by atoms with van der Waals surface area (Å²) in [6.45, 7) is 2.28. The van der Waals surface area contributed by atoms with E-state index >= 15 is 0 Å².